The first kappa shape index (κ1) is 15.7. The third-order valence-electron chi connectivity index (χ3n) is 3.87. The van der Waals surface area contributed by atoms with Crippen LogP contribution in [0.15, 0.2) is 29.4 Å². The largest absolute Gasteiger partial charge is 0.508 e. The van der Waals surface area contributed by atoms with Gasteiger partial charge in [-0.15, -0.1) is 0 Å². The fraction of sp³-hybridized carbons (Fsp3) is 0.267. The zero-order chi connectivity index (χ0) is 17.4. The first-order valence-corrected chi connectivity index (χ1v) is 7.18. The van der Waals surface area contributed by atoms with E-state index in [1.165, 1.54) is 24.1 Å². The lowest BCUT2D eigenvalue weighted by Gasteiger charge is -2.21. The van der Waals surface area contributed by atoms with Crippen LogP contribution in [-0.2, 0) is 14.4 Å². The highest BCUT2D eigenvalue weighted by atomic mass is 16.3. The summed E-state index contributed by atoms with van der Waals surface area (Å²) in [7, 11) is 0. The number of nitrogens with one attached hydrogen (secondary N) is 2. The molecule has 0 aromatic heterocycles. The average Bonchev–Trinajstić information content (AvgIpc) is 2.92. The van der Waals surface area contributed by atoms with E-state index in [9.17, 15) is 24.3 Å². The molecule has 1 fully saturated rings. The SMILES string of the molecule is CC(=O)N1N=C(C2C(=O)NC(=O)NC2=O)CC1c1ccc(O)cc1. The van der Waals surface area contributed by atoms with Crippen molar-refractivity contribution in [3.05, 3.63) is 29.8 Å². The second kappa shape index (κ2) is 5.76. The lowest BCUT2D eigenvalue weighted by Crippen LogP contribution is -2.57. The molecular weight excluding hydrogens is 316 g/mol. The maximum absolute atomic E-state index is 12.0. The van der Waals surface area contributed by atoms with Crippen molar-refractivity contribution in [2.24, 2.45) is 11.0 Å². The van der Waals surface area contributed by atoms with E-state index >= 15 is 0 Å². The van der Waals surface area contributed by atoms with Crippen LogP contribution in [0.5, 0.6) is 5.75 Å². The number of benzene rings is 1. The zero-order valence-corrected chi connectivity index (χ0v) is 12.6. The van der Waals surface area contributed by atoms with E-state index in [2.05, 4.69) is 5.10 Å². The number of hydrogen-bond donors (Lipinski definition) is 3. The number of rotatable bonds is 2. The molecule has 1 atom stereocenters. The number of phenolic OH excluding ortho intramolecular Hbond substituents is 1. The molecule has 2 heterocycles. The van der Waals surface area contributed by atoms with Crippen molar-refractivity contribution in [2.75, 3.05) is 0 Å². The highest BCUT2D eigenvalue weighted by molar-refractivity contribution is 6.28. The van der Waals surface area contributed by atoms with Crippen molar-refractivity contribution in [1.29, 1.82) is 0 Å². The Hall–Kier alpha value is -3.23. The van der Waals surface area contributed by atoms with Crippen LogP contribution >= 0.6 is 0 Å². The third kappa shape index (κ3) is 2.71. The third-order valence-corrected chi connectivity index (χ3v) is 3.87. The maximum Gasteiger partial charge on any atom is 0.328 e. The van der Waals surface area contributed by atoms with Crippen molar-refractivity contribution in [1.82, 2.24) is 15.6 Å². The number of hydrogen-bond acceptors (Lipinski definition) is 6. The first-order chi connectivity index (χ1) is 11.4. The Labute approximate surface area is 136 Å². The molecule has 2 aliphatic rings. The van der Waals surface area contributed by atoms with E-state index in [0.717, 1.165) is 0 Å². The average molecular weight is 330 g/mol. The number of aromatic hydroxyl groups is 1. The molecule has 9 nitrogen and oxygen atoms in total. The molecule has 124 valence electrons. The van der Waals surface area contributed by atoms with Crippen LogP contribution < -0.4 is 10.6 Å². The number of nitrogens with zero attached hydrogens (tertiary/aromatic N) is 2. The molecule has 3 rings (SSSR count). The molecule has 1 aromatic carbocycles. The summed E-state index contributed by atoms with van der Waals surface area (Å²) in [6, 6.07) is 4.86. The topological polar surface area (TPSA) is 128 Å². The molecule has 9 heteroatoms. The molecule has 24 heavy (non-hydrogen) atoms. The number of carbonyl (C=O) groups is 4. The summed E-state index contributed by atoms with van der Waals surface area (Å²) < 4.78 is 0. The molecule has 5 amide bonds. The summed E-state index contributed by atoms with van der Waals surface area (Å²) in [4.78, 5) is 46.9. The van der Waals surface area contributed by atoms with E-state index in [-0.39, 0.29) is 23.8 Å². The molecule has 1 unspecified atom stereocenters. The Balaban J connectivity index is 1.91. The van der Waals surface area contributed by atoms with Gasteiger partial charge in [0.25, 0.3) is 0 Å². The zero-order valence-electron chi connectivity index (χ0n) is 12.6. The lowest BCUT2D eigenvalue weighted by molar-refractivity contribution is -0.133. The van der Waals surface area contributed by atoms with E-state index < -0.39 is 29.8 Å². The molecule has 0 spiro atoms. The van der Waals surface area contributed by atoms with Crippen LogP contribution in [0.25, 0.3) is 0 Å². The van der Waals surface area contributed by atoms with Gasteiger partial charge in [-0.05, 0) is 17.7 Å². The number of urea groups is 1. The lowest BCUT2D eigenvalue weighted by atomic mass is 9.93. The number of barbiturate groups is 1. The minimum Gasteiger partial charge on any atom is -0.508 e. The van der Waals surface area contributed by atoms with Gasteiger partial charge in [-0.3, -0.25) is 25.0 Å². The molecular formula is C15H14N4O5. The van der Waals surface area contributed by atoms with Gasteiger partial charge in [0.1, 0.15) is 5.75 Å². The molecule has 0 saturated carbocycles. The van der Waals surface area contributed by atoms with Crippen LogP contribution in [0.1, 0.15) is 24.9 Å². The molecule has 0 aliphatic carbocycles. The fourth-order valence-electron chi connectivity index (χ4n) is 2.78. The quantitative estimate of drug-likeness (QED) is 0.659. The van der Waals surface area contributed by atoms with Gasteiger partial charge >= 0.3 is 6.03 Å². The van der Waals surface area contributed by atoms with Crippen molar-refractivity contribution in [3.63, 3.8) is 0 Å². The second-order valence-electron chi connectivity index (χ2n) is 5.51. The standard InChI is InChI=1S/C15H14N4O5/c1-7(20)19-11(8-2-4-9(21)5-3-8)6-10(18-19)12-13(22)16-15(24)17-14(12)23/h2-5,11-12,21H,6H2,1H3,(H2,16,17,22,23,24). The van der Waals surface area contributed by atoms with Gasteiger partial charge in [-0.25, -0.2) is 9.80 Å². The molecule has 0 radical (unpaired) electrons. The van der Waals surface area contributed by atoms with Gasteiger partial charge in [0, 0.05) is 13.3 Å². The van der Waals surface area contributed by atoms with Crippen LogP contribution in [0.2, 0.25) is 0 Å². The Morgan fingerprint density at radius 1 is 1.17 bits per heavy atom. The fourth-order valence-corrected chi connectivity index (χ4v) is 2.78. The number of imide groups is 2. The summed E-state index contributed by atoms with van der Waals surface area (Å²) >= 11 is 0. The van der Waals surface area contributed by atoms with Crippen molar-refractivity contribution < 1.29 is 24.3 Å². The summed E-state index contributed by atoms with van der Waals surface area (Å²) in [5, 5.41) is 18.7. The predicted octanol–water partition coefficient (Wildman–Crippen LogP) is 0.0237. The number of hydrazone groups is 1. The molecule has 3 N–H and O–H groups in total. The highest BCUT2D eigenvalue weighted by Gasteiger charge is 2.43. The number of phenols is 1. The summed E-state index contributed by atoms with van der Waals surface area (Å²) in [6.07, 6.45) is 0.171. The summed E-state index contributed by atoms with van der Waals surface area (Å²) in [5.41, 5.74) is 0.903. The Morgan fingerprint density at radius 2 is 1.75 bits per heavy atom. The minimum absolute atomic E-state index is 0.0804. The second-order valence-corrected chi connectivity index (χ2v) is 5.51. The van der Waals surface area contributed by atoms with Crippen molar-refractivity contribution in [3.8, 4) is 5.75 Å². The van der Waals surface area contributed by atoms with E-state index in [1.807, 2.05) is 10.6 Å². The molecule has 0 bridgehead atoms. The van der Waals surface area contributed by atoms with Crippen molar-refractivity contribution in [2.45, 2.75) is 19.4 Å². The van der Waals surface area contributed by atoms with E-state index in [0.29, 0.717) is 5.56 Å². The minimum atomic E-state index is -1.26. The van der Waals surface area contributed by atoms with Gasteiger partial charge in [0.15, 0.2) is 5.92 Å². The smallest absolute Gasteiger partial charge is 0.328 e. The molecule has 2 aliphatic heterocycles. The van der Waals surface area contributed by atoms with Crippen LogP contribution in [0, 0.1) is 5.92 Å². The predicted molar refractivity (Wildman–Crippen MR) is 80.6 cm³/mol. The summed E-state index contributed by atoms with van der Waals surface area (Å²) in [5.74, 6) is -3.06. The number of amides is 5. The Bertz CT molecular complexity index is 751. The van der Waals surface area contributed by atoms with Gasteiger partial charge in [0.2, 0.25) is 17.7 Å². The van der Waals surface area contributed by atoms with E-state index in [1.54, 1.807) is 12.1 Å². The number of carbonyl (C=O) groups excluding carboxylic acids is 4. The van der Waals surface area contributed by atoms with E-state index in [4.69, 9.17) is 0 Å². The van der Waals surface area contributed by atoms with Crippen molar-refractivity contribution >= 4 is 29.5 Å². The monoisotopic (exact) mass is 330 g/mol. The normalized spacial score (nSPS) is 21.4. The van der Waals surface area contributed by atoms with Crippen LogP contribution in [0.3, 0.4) is 0 Å². The first-order valence-electron chi connectivity index (χ1n) is 7.18. The van der Waals surface area contributed by atoms with Gasteiger partial charge in [-0.2, -0.15) is 5.10 Å². The van der Waals surface area contributed by atoms with Gasteiger partial charge in [0.05, 0.1) is 11.8 Å². The van der Waals surface area contributed by atoms with Crippen LogP contribution in [0.4, 0.5) is 4.79 Å². The van der Waals surface area contributed by atoms with Gasteiger partial charge in [-0.1, -0.05) is 12.1 Å². The molecule has 1 aromatic rings. The maximum atomic E-state index is 12.0. The highest BCUT2D eigenvalue weighted by Crippen LogP contribution is 2.33. The van der Waals surface area contributed by atoms with Crippen LogP contribution in [-0.4, -0.2) is 39.6 Å². The Kier molecular flexibility index (Phi) is 3.76. The Morgan fingerprint density at radius 3 is 2.29 bits per heavy atom. The summed E-state index contributed by atoms with van der Waals surface area (Å²) in [6.45, 7) is 1.32. The molecule has 1 saturated heterocycles. The van der Waals surface area contributed by atoms with Gasteiger partial charge < -0.3 is 5.11 Å².